The van der Waals surface area contributed by atoms with Crippen LogP contribution in [0.15, 0.2) is 30.3 Å². The highest BCUT2D eigenvalue weighted by Crippen LogP contribution is 2.37. The third kappa shape index (κ3) is 3.97. The lowest BCUT2D eigenvalue weighted by Crippen LogP contribution is -2.38. The molecule has 2 aliphatic rings. The maximum Gasteiger partial charge on any atom is 0.306 e. The van der Waals surface area contributed by atoms with Crippen molar-refractivity contribution in [2.75, 3.05) is 0 Å². The van der Waals surface area contributed by atoms with E-state index in [1.165, 1.54) is 31.2 Å². The Morgan fingerprint density at radius 3 is 2.08 bits per heavy atom. The lowest BCUT2D eigenvalue weighted by Gasteiger charge is -2.30. The molecule has 0 bridgehead atoms. The van der Waals surface area contributed by atoms with Gasteiger partial charge in [0.25, 0.3) is 0 Å². The predicted molar refractivity (Wildman–Crippen MR) is 92.4 cm³/mol. The van der Waals surface area contributed by atoms with Gasteiger partial charge in [-0.3, -0.25) is 9.59 Å². The normalized spacial score (nSPS) is 26.0. The molecule has 0 spiro atoms. The molecule has 0 aliphatic heterocycles. The van der Waals surface area contributed by atoms with E-state index in [1.807, 2.05) is 18.2 Å². The Bertz CT molecular complexity index is 558. The van der Waals surface area contributed by atoms with Gasteiger partial charge >= 0.3 is 5.97 Å². The Kier molecular flexibility index (Phi) is 5.54. The van der Waals surface area contributed by atoms with Crippen LogP contribution >= 0.6 is 0 Å². The van der Waals surface area contributed by atoms with Gasteiger partial charge in [-0.2, -0.15) is 0 Å². The van der Waals surface area contributed by atoms with Gasteiger partial charge in [-0.1, -0.05) is 43.2 Å². The Labute approximate surface area is 143 Å². The second-order valence-corrected chi connectivity index (χ2v) is 7.33. The summed E-state index contributed by atoms with van der Waals surface area (Å²) >= 11 is 0. The van der Waals surface area contributed by atoms with Crippen LogP contribution in [0.4, 0.5) is 0 Å². The third-order valence-electron chi connectivity index (χ3n) is 5.77. The number of nitrogens with one attached hydrogen (secondary N) is 1. The van der Waals surface area contributed by atoms with Crippen LogP contribution in [0.1, 0.15) is 63.0 Å². The number of benzene rings is 1. The van der Waals surface area contributed by atoms with Crippen LogP contribution in [0.3, 0.4) is 0 Å². The van der Waals surface area contributed by atoms with Gasteiger partial charge in [0.1, 0.15) is 0 Å². The summed E-state index contributed by atoms with van der Waals surface area (Å²) in [6.07, 6.45) is 7.45. The largest absolute Gasteiger partial charge is 0.481 e. The van der Waals surface area contributed by atoms with E-state index in [1.54, 1.807) is 0 Å². The summed E-state index contributed by atoms with van der Waals surface area (Å²) in [5, 5.41) is 12.4. The number of carboxylic acid groups (broad SMARTS) is 1. The van der Waals surface area contributed by atoms with E-state index in [9.17, 15) is 9.59 Å². The van der Waals surface area contributed by atoms with Crippen molar-refractivity contribution in [3.8, 4) is 0 Å². The summed E-state index contributed by atoms with van der Waals surface area (Å²) < 4.78 is 0. The molecule has 1 aromatic rings. The molecule has 1 amide bonds. The molecule has 130 valence electrons. The molecule has 2 aliphatic carbocycles. The fourth-order valence-electron chi connectivity index (χ4n) is 4.30. The maximum absolute atomic E-state index is 12.8. The molecular formula is C20H27NO3. The Morgan fingerprint density at radius 1 is 0.917 bits per heavy atom. The highest BCUT2D eigenvalue weighted by Gasteiger charge is 2.33. The van der Waals surface area contributed by atoms with Gasteiger partial charge < -0.3 is 10.4 Å². The van der Waals surface area contributed by atoms with Crippen molar-refractivity contribution in [2.24, 2.45) is 17.8 Å². The molecule has 0 saturated heterocycles. The predicted octanol–water partition coefficient (Wildman–Crippen LogP) is 3.93. The zero-order valence-corrected chi connectivity index (χ0v) is 14.1. The zero-order chi connectivity index (χ0) is 16.9. The quantitative estimate of drug-likeness (QED) is 0.860. The second kappa shape index (κ2) is 7.82. The molecule has 24 heavy (non-hydrogen) atoms. The molecule has 1 unspecified atom stereocenters. The first-order valence-corrected chi connectivity index (χ1v) is 9.23. The minimum atomic E-state index is -0.720. The molecule has 2 fully saturated rings. The van der Waals surface area contributed by atoms with Crippen LogP contribution in [0.25, 0.3) is 0 Å². The summed E-state index contributed by atoms with van der Waals surface area (Å²) in [5.74, 6) is -0.393. The molecule has 0 heterocycles. The van der Waals surface area contributed by atoms with E-state index >= 15 is 0 Å². The van der Waals surface area contributed by atoms with Gasteiger partial charge in [0, 0.05) is 5.92 Å². The average Bonchev–Trinajstić information content (AvgIpc) is 3.14. The van der Waals surface area contributed by atoms with Crippen LogP contribution in [-0.4, -0.2) is 17.0 Å². The zero-order valence-electron chi connectivity index (χ0n) is 14.1. The molecule has 2 N–H and O–H groups in total. The highest BCUT2D eigenvalue weighted by atomic mass is 16.4. The molecule has 1 atom stereocenters. The smallest absolute Gasteiger partial charge is 0.306 e. The molecule has 3 rings (SSSR count). The first kappa shape index (κ1) is 17.0. The summed E-state index contributed by atoms with van der Waals surface area (Å²) in [6, 6.07) is 10.4. The van der Waals surface area contributed by atoms with Crippen LogP contribution in [0.5, 0.6) is 0 Å². The van der Waals surface area contributed by atoms with Gasteiger partial charge in [0.05, 0.1) is 12.0 Å². The van der Waals surface area contributed by atoms with Crippen molar-refractivity contribution in [3.05, 3.63) is 35.9 Å². The lowest BCUT2D eigenvalue weighted by molar-refractivity contribution is -0.144. The summed E-state index contributed by atoms with van der Waals surface area (Å²) in [4.78, 5) is 23.8. The summed E-state index contributed by atoms with van der Waals surface area (Å²) in [7, 11) is 0. The van der Waals surface area contributed by atoms with Crippen LogP contribution < -0.4 is 5.32 Å². The molecule has 1 aromatic carbocycles. The minimum absolute atomic E-state index is 0.0341. The number of carbonyl (C=O) groups excluding carboxylic acids is 1. The summed E-state index contributed by atoms with van der Waals surface area (Å²) in [6.45, 7) is 0. The SMILES string of the molecule is O=C(O)C1CCC(C(=O)NC(c2ccccc2)C2CCCC2)CC1. The maximum atomic E-state index is 12.8. The number of aliphatic carboxylic acids is 1. The average molecular weight is 329 g/mol. The second-order valence-electron chi connectivity index (χ2n) is 7.33. The van der Waals surface area contributed by atoms with Crippen LogP contribution in [0, 0.1) is 17.8 Å². The molecule has 2 saturated carbocycles. The van der Waals surface area contributed by atoms with E-state index in [0.717, 1.165) is 0 Å². The van der Waals surface area contributed by atoms with E-state index < -0.39 is 5.97 Å². The van der Waals surface area contributed by atoms with Gasteiger partial charge in [0.15, 0.2) is 0 Å². The van der Waals surface area contributed by atoms with Gasteiger partial charge in [-0.05, 0) is 50.0 Å². The number of hydrogen-bond acceptors (Lipinski definition) is 2. The number of carboxylic acids is 1. The Hall–Kier alpha value is -1.84. The Balaban J connectivity index is 1.64. The highest BCUT2D eigenvalue weighted by molar-refractivity contribution is 5.79. The number of rotatable bonds is 5. The van der Waals surface area contributed by atoms with Crippen molar-refractivity contribution in [2.45, 2.75) is 57.4 Å². The van der Waals surface area contributed by atoms with Crippen molar-refractivity contribution in [1.82, 2.24) is 5.32 Å². The number of hydrogen-bond donors (Lipinski definition) is 2. The first-order valence-electron chi connectivity index (χ1n) is 9.23. The fourth-order valence-corrected chi connectivity index (χ4v) is 4.30. The fraction of sp³-hybridized carbons (Fsp3) is 0.600. The Morgan fingerprint density at radius 2 is 1.50 bits per heavy atom. The minimum Gasteiger partial charge on any atom is -0.481 e. The number of amides is 1. The van der Waals surface area contributed by atoms with E-state index in [-0.39, 0.29) is 23.8 Å². The molecule has 0 radical (unpaired) electrons. The number of carbonyl (C=O) groups is 2. The first-order chi connectivity index (χ1) is 11.6. The van der Waals surface area contributed by atoms with Gasteiger partial charge in [0.2, 0.25) is 5.91 Å². The molecular weight excluding hydrogens is 302 g/mol. The standard InChI is InChI=1S/C20H27NO3/c22-19(16-10-12-17(13-11-16)20(23)24)21-18(15-8-4-5-9-15)14-6-2-1-3-7-14/h1-3,6-7,15-18H,4-5,8-13H2,(H,21,22)(H,23,24). The van der Waals surface area contributed by atoms with E-state index in [2.05, 4.69) is 17.4 Å². The van der Waals surface area contributed by atoms with Crippen molar-refractivity contribution >= 4 is 11.9 Å². The molecule has 0 aromatic heterocycles. The van der Waals surface area contributed by atoms with E-state index in [0.29, 0.717) is 31.6 Å². The van der Waals surface area contributed by atoms with Gasteiger partial charge in [-0.25, -0.2) is 0 Å². The lowest BCUT2D eigenvalue weighted by atomic mass is 9.81. The van der Waals surface area contributed by atoms with Gasteiger partial charge in [-0.15, -0.1) is 0 Å². The third-order valence-corrected chi connectivity index (χ3v) is 5.77. The van der Waals surface area contributed by atoms with Crippen LogP contribution in [-0.2, 0) is 9.59 Å². The topological polar surface area (TPSA) is 66.4 Å². The molecule has 4 nitrogen and oxygen atoms in total. The molecule has 4 heteroatoms. The van der Waals surface area contributed by atoms with Crippen molar-refractivity contribution in [1.29, 1.82) is 0 Å². The van der Waals surface area contributed by atoms with Crippen molar-refractivity contribution in [3.63, 3.8) is 0 Å². The monoisotopic (exact) mass is 329 g/mol. The summed E-state index contributed by atoms with van der Waals surface area (Å²) in [5.41, 5.74) is 1.19. The van der Waals surface area contributed by atoms with Crippen LogP contribution in [0.2, 0.25) is 0 Å². The van der Waals surface area contributed by atoms with Crippen molar-refractivity contribution < 1.29 is 14.7 Å². The van der Waals surface area contributed by atoms with E-state index in [4.69, 9.17) is 5.11 Å².